The normalized spacial score (nSPS) is 20.3. The molecule has 0 unspecified atom stereocenters. The number of likely N-dealkylation sites (tertiary alicyclic amines) is 1. The first-order chi connectivity index (χ1) is 18.9. The van der Waals surface area contributed by atoms with Crippen LogP contribution in [0.1, 0.15) is 57.9 Å². The minimum absolute atomic E-state index is 0.0173. The van der Waals surface area contributed by atoms with E-state index in [1.165, 1.54) is 0 Å². The number of H-pyrrole nitrogens is 1. The number of nitrogens with one attached hydrogen (secondary N) is 2. The van der Waals surface area contributed by atoms with Crippen LogP contribution in [0, 0.1) is 0 Å². The highest BCUT2D eigenvalue weighted by molar-refractivity contribution is 5.94. The minimum atomic E-state index is -0.368. The maximum atomic E-state index is 13.6. The van der Waals surface area contributed by atoms with E-state index in [1.807, 2.05) is 12.1 Å². The van der Waals surface area contributed by atoms with Crippen molar-refractivity contribution in [2.24, 2.45) is 0 Å². The summed E-state index contributed by atoms with van der Waals surface area (Å²) in [6.07, 6.45) is 4.44. The maximum absolute atomic E-state index is 13.6. The highest BCUT2D eigenvalue weighted by Crippen LogP contribution is 2.40. The fraction of sp³-hybridized carbons (Fsp3) is 0.367. The van der Waals surface area contributed by atoms with Gasteiger partial charge in [0.1, 0.15) is 5.56 Å². The Hall–Kier alpha value is -4.27. The molecule has 1 aliphatic carbocycles. The number of carbonyl (C=O) groups excluding carboxylic acids is 2. The summed E-state index contributed by atoms with van der Waals surface area (Å²) in [5.74, 6) is 0.464. The Morgan fingerprint density at radius 2 is 1.85 bits per heavy atom. The molecule has 3 aromatic rings. The van der Waals surface area contributed by atoms with Crippen molar-refractivity contribution in [1.29, 1.82) is 0 Å². The van der Waals surface area contributed by atoms with Crippen LogP contribution in [0.4, 0.5) is 0 Å². The van der Waals surface area contributed by atoms with Gasteiger partial charge in [0.2, 0.25) is 5.91 Å². The van der Waals surface area contributed by atoms with Crippen molar-refractivity contribution in [3.05, 3.63) is 80.8 Å². The van der Waals surface area contributed by atoms with Crippen LogP contribution in [-0.2, 0) is 24.1 Å². The molecular formula is C30H31N3O6. The first-order valence-electron chi connectivity index (χ1n) is 13.4. The highest BCUT2D eigenvalue weighted by atomic mass is 16.5. The molecule has 6 rings (SSSR count). The number of pyridine rings is 1. The van der Waals surface area contributed by atoms with Gasteiger partial charge in [0.15, 0.2) is 23.0 Å². The zero-order valence-electron chi connectivity index (χ0n) is 21.8. The number of carbonyl (C=O) groups is 2. The van der Waals surface area contributed by atoms with E-state index in [-0.39, 0.29) is 59.4 Å². The number of aromatic hydroxyl groups is 1. The van der Waals surface area contributed by atoms with Crippen LogP contribution < -0.4 is 20.3 Å². The van der Waals surface area contributed by atoms with Crippen molar-refractivity contribution in [2.75, 3.05) is 20.2 Å². The molecule has 39 heavy (non-hydrogen) atoms. The number of nitrogens with zero attached hydrogens (tertiary/aromatic N) is 1. The van der Waals surface area contributed by atoms with E-state index in [0.29, 0.717) is 24.5 Å². The summed E-state index contributed by atoms with van der Waals surface area (Å²) >= 11 is 0. The minimum Gasteiger partial charge on any atom is -0.504 e. The average Bonchev–Trinajstić information content (AvgIpc) is 3.35. The molecule has 0 saturated carbocycles. The summed E-state index contributed by atoms with van der Waals surface area (Å²) in [4.78, 5) is 44.1. The van der Waals surface area contributed by atoms with Crippen LogP contribution in [0.3, 0.4) is 0 Å². The lowest BCUT2D eigenvalue weighted by molar-refractivity contribution is -0.121. The number of hydrogen-bond donors (Lipinski definition) is 3. The molecule has 0 spiro atoms. The maximum Gasteiger partial charge on any atom is 0.261 e. The van der Waals surface area contributed by atoms with Gasteiger partial charge in [-0.05, 0) is 79.1 Å². The van der Waals surface area contributed by atoms with Crippen LogP contribution in [0.2, 0.25) is 0 Å². The quantitative estimate of drug-likeness (QED) is 0.468. The van der Waals surface area contributed by atoms with Crippen molar-refractivity contribution in [3.8, 4) is 23.0 Å². The largest absolute Gasteiger partial charge is 0.504 e. The molecule has 1 aromatic heterocycles. The number of ether oxygens (including phenoxy) is 2. The van der Waals surface area contributed by atoms with Crippen molar-refractivity contribution in [2.45, 2.75) is 50.5 Å². The molecule has 2 aliphatic heterocycles. The molecule has 2 amide bonds. The van der Waals surface area contributed by atoms with Crippen LogP contribution in [0.15, 0.2) is 47.3 Å². The lowest BCUT2D eigenvalue weighted by atomic mass is 9.93. The lowest BCUT2D eigenvalue weighted by Crippen LogP contribution is -2.41. The number of phenolic OH excluding ortho intramolecular Hbond substituents is 1. The second-order valence-corrected chi connectivity index (χ2v) is 10.5. The van der Waals surface area contributed by atoms with Gasteiger partial charge < -0.3 is 29.8 Å². The first kappa shape index (κ1) is 25.0. The van der Waals surface area contributed by atoms with Crippen LogP contribution in [0.25, 0.3) is 0 Å². The number of methoxy groups -OCH3 is 1. The van der Waals surface area contributed by atoms with Crippen LogP contribution >= 0.6 is 0 Å². The summed E-state index contributed by atoms with van der Waals surface area (Å²) in [5.41, 5.74) is 3.42. The summed E-state index contributed by atoms with van der Waals surface area (Å²) in [6.45, 7) is 0.605. The number of benzene rings is 2. The standard InChI is InChI=1S/C30H31N3O6/c1-38-25-10-8-18-14-27(25)39-26-12-17(6-9-24(26)34)7-11-28(35)31-23-16-33(15-21(18)23)30(37)20-13-19-4-2-3-5-22(19)32-29(20)36/h6,8-10,12-14,21,23,34H,2-5,7,11,15-16H2,1H3,(H,31,35)(H,32,36)/t21-,23+/m0/s1. The Balaban J connectivity index is 1.36. The smallest absolute Gasteiger partial charge is 0.261 e. The van der Waals surface area contributed by atoms with Gasteiger partial charge in [0.05, 0.1) is 13.2 Å². The second-order valence-electron chi connectivity index (χ2n) is 10.5. The van der Waals surface area contributed by atoms with Crippen LogP contribution in [0.5, 0.6) is 23.0 Å². The van der Waals surface area contributed by atoms with E-state index in [4.69, 9.17) is 9.47 Å². The molecule has 1 saturated heterocycles. The van der Waals surface area contributed by atoms with Crippen molar-refractivity contribution < 1.29 is 24.2 Å². The number of aromatic nitrogens is 1. The summed E-state index contributed by atoms with van der Waals surface area (Å²) < 4.78 is 11.6. The van der Waals surface area contributed by atoms with Gasteiger partial charge in [0.25, 0.3) is 11.5 Å². The average molecular weight is 530 g/mol. The molecule has 2 atom stereocenters. The molecule has 0 radical (unpaired) electrons. The molecule has 4 bridgehead atoms. The SMILES string of the molecule is COc1ccc2cc1Oc1cc(ccc1O)CCC(=O)N[C@@H]1CN(C(=O)c3cc4c([nH]c3=O)CCCC4)C[C@@H]21. The third-order valence-electron chi connectivity index (χ3n) is 8.02. The van der Waals surface area contributed by atoms with Gasteiger partial charge in [-0.25, -0.2) is 0 Å². The summed E-state index contributed by atoms with van der Waals surface area (Å²) in [5, 5.41) is 13.5. The monoisotopic (exact) mass is 529 g/mol. The van der Waals surface area contributed by atoms with Gasteiger partial charge in [-0.15, -0.1) is 0 Å². The molecule has 3 aliphatic rings. The number of aromatic amines is 1. The topological polar surface area (TPSA) is 121 Å². The Labute approximate surface area is 225 Å². The summed E-state index contributed by atoms with van der Waals surface area (Å²) in [7, 11) is 1.54. The van der Waals surface area contributed by atoms with Gasteiger partial charge >= 0.3 is 0 Å². The van der Waals surface area contributed by atoms with Gasteiger partial charge in [-0.1, -0.05) is 12.1 Å². The number of aryl methyl sites for hydroxylation is 3. The fourth-order valence-corrected chi connectivity index (χ4v) is 5.91. The number of rotatable bonds is 2. The zero-order chi connectivity index (χ0) is 27.1. The van der Waals surface area contributed by atoms with Gasteiger partial charge in [0, 0.05) is 31.1 Å². The Morgan fingerprint density at radius 1 is 1.00 bits per heavy atom. The van der Waals surface area contributed by atoms with E-state index >= 15 is 0 Å². The third kappa shape index (κ3) is 4.84. The molecule has 9 heteroatoms. The number of amides is 2. The van der Waals surface area contributed by atoms with Crippen molar-refractivity contribution in [1.82, 2.24) is 15.2 Å². The van der Waals surface area contributed by atoms with Gasteiger partial charge in [-0.3, -0.25) is 14.4 Å². The third-order valence-corrected chi connectivity index (χ3v) is 8.02. The predicted molar refractivity (Wildman–Crippen MR) is 144 cm³/mol. The highest BCUT2D eigenvalue weighted by Gasteiger charge is 2.38. The Kier molecular flexibility index (Phi) is 6.50. The molecule has 202 valence electrons. The lowest BCUT2D eigenvalue weighted by Gasteiger charge is -2.21. The van der Waals surface area contributed by atoms with E-state index in [1.54, 1.807) is 42.3 Å². The summed E-state index contributed by atoms with van der Waals surface area (Å²) in [6, 6.07) is 11.9. The number of fused-ring (bicyclic) bond motifs is 7. The number of hydrogen-bond acceptors (Lipinski definition) is 6. The predicted octanol–water partition coefficient (Wildman–Crippen LogP) is 3.43. The van der Waals surface area contributed by atoms with Gasteiger partial charge in [-0.2, -0.15) is 0 Å². The van der Waals surface area contributed by atoms with E-state index < -0.39 is 0 Å². The van der Waals surface area contributed by atoms with E-state index in [2.05, 4.69) is 10.3 Å². The Bertz CT molecular complexity index is 1510. The van der Waals surface area contributed by atoms with Crippen LogP contribution in [-0.4, -0.2) is 53.0 Å². The molecule has 3 heterocycles. The zero-order valence-corrected chi connectivity index (χ0v) is 21.8. The molecule has 2 aromatic carbocycles. The number of phenols is 1. The fourth-order valence-electron chi connectivity index (χ4n) is 5.91. The second kappa shape index (κ2) is 10.1. The van der Waals surface area contributed by atoms with Crippen molar-refractivity contribution >= 4 is 11.8 Å². The molecular weight excluding hydrogens is 498 g/mol. The first-order valence-corrected chi connectivity index (χ1v) is 13.4. The van der Waals surface area contributed by atoms with Crippen molar-refractivity contribution in [3.63, 3.8) is 0 Å². The molecule has 3 N–H and O–H groups in total. The van der Waals surface area contributed by atoms with E-state index in [0.717, 1.165) is 48.1 Å². The molecule has 9 nitrogen and oxygen atoms in total. The van der Waals surface area contributed by atoms with E-state index in [9.17, 15) is 19.5 Å². The molecule has 1 fully saturated rings. The Morgan fingerprint density at radius 3 is 2.69 bits per heavy atom.